The number of Topliss-reactive ketones (excluding diaryl/α,β-unsaturated/α-hetero) is 1. The van der Waals surface area contributed by atoms with Crippen LogP contribution in [0, 0.1) is 6.92 Å². The summed E-state index contributed by atoms with van der Waals surface area (Å²) in [5.74, 6) is 1.92. The van der Waals surface area contributed by atoms with Gasteiger partial charge in [-0.25, -0.2) is 0 Å². The van der Waals surface area contributed by atoms with E-state index in [9.17, 15) is 4.79 Å². The third-order valence-corrected chi connectivity index (χ3v) is 3.38. The summed E-state index contributed by atoms with van der Waals surface area (Å²) in [6, 6.07) is 3.97. The van der Waals surface area contributed by atoms with Crippen LogP contribution in [-0.2, 0) is 0 Å². The lowest BCUT2D eigenvalue weighted by molar-refractivity contribution is 0.0981. The maximum atomic E-state index is 12.2. The van der Waals surface area contributed by atoms with Crippen LogP contribution in [0.15, 0.2) is 12.1 Å². The van der Waals surface area contributed by atoms with Gasteiger partial charge in [0.2, 0.25) is 0 Å². The third-order valence-electron chi connectivity index (χ3n) is 3.12. The third kappa shape index (κ3) is 4.24. The summed E-state index contributed by atoms with van der Waals surface area (Å²) in [4.78, 5) is 12.2. The highest BCUT2D eigenvalue weighted by molar-refractivity contribution is 6.18. The van der Waals surface area contributed by atoms with Crippen molar-refractivity contribution in [1.29, 1.82) is 0 Å². The number of hydrogen-bond donors (Lipinski definition) is 0. The molecule has 0 heterocycles. The number of carbonyl (C=O) groups is 1. The van der Waals surface area contributed by atoms with Crippen molar-refractivity contribution >= 4 is 17.4 Å². The van der Waals surface area contributed by atoms with Gasteiger partial charge in [0, 0.05) is 17.9 Å². The minimum Gasteiger partial charge on any atom is -0.494 e. The molecule has 0 aliphatic carbocycles. The normalized spacial score (nSPS) is 10.8. The van der Waals surface area contributed by atoms with Crippen molar-refractivity contribution in [2.75, 3.05) is 12.5 Å². The molecule has 0 atom stereocenters. The van der Waals surface area contributed by atoms with Crippen LogP contribution in [0.25, 0.3) is 0 Å². The summed E-state index contributed by atoms with van der Waals surface area (Å²) in [6.45, 7) is 8.79. The molecule has 3 heteroatoms. The Morgan fingerprint density at radius 1 is 1.37 bits per heavy atom. The topological polar surface area (TPSA) is 26.3 Å². The van der Waals surface area contributed by atoms with Gasteiger partial charge in [-0.15, -0.1) is 11.6 Å². The van der Waals surface area contributed by atoms with Crippen molar-refractivity contribution in [3.8, 4) is 5.75 Å². The maximum Gasteiger partial charge on any atom is 0.163 e. The number of ketones is 1. The predicted molar refractivity (Wildman–Crippen MR) is 80.7 cm³/mol. The summed E-state index contributed by atoms with van der Waals surface area (Å²) in [6.07, 6.45) is 1.24. The number of aryl methyl sites for hydroxylation is 1. The molecular formula is C16H23ClO2. The van der Waals surface area contributed by atoms with Crippen molar-refractivity contribution in [3.05, 3.63) is 28.8 Å². The maximum absolute atomic E-state index is 12.2. The quantitative estimate of drug-likeness (QED) is 0.534. The molecule has 0 unspecified atom stereocenters. The van der Waals surface area contributed by atoms with Crippen molar-refractivity contribution in [3.63, 3.8) is 0 Å². The summed E-state index contributed by atoms with van der Waals surface area (Å²) >= 11 is 5.65. The fourth-order valence-corrected chi connectivity index (χ4v) is 2.23. The second kappa shape index (κ2) is 7.54. The molecule has 19 heavy (non-hydrogen) atoms. The molecule has 1 aromatic carbocycles. The van der Waals surface area contributed by atoms with Gasteiger partial charge in [-0.3, -0.25) is 4.79 Å². The molecule has 0 aliphatic rings. The molecule has 0 aromatic heterocycles. The standard InChI is InChI=1S/C16H23ClO2/c1-5-19-16-9-12(4)14(10-13(16)11(2)3)15(18)7-6-8-17/h9-11H,5-8H2,1-4H3. The first-order chi connectivity index (χ1) is 9.01. The molecular weight excluding hydrogens is 260 g/mol. The van der Waals surface area contributed by atoms with Crippen molar-refractivity contribution < 1.29 is 9.53 Å². The Morgan fingerprint density at radius 2 is 2.05 bits per heavy atom. The Morgan fingerprint density at radius 3 is 2.58 bits per heavy atom. The lowest BCUT2D eigenvalue weighted by atomic mass is 9.93. The smallest absolute Gasteiger partial charge is 0.163 e. The van der Waals surface area contributed by atoms with E-state index in [2.05, 4.69) is 13.8 Å². The van der Waals surface area contributed by atoms with Crippen LogP contribution in [0.5, 0.6) is 5.75 Å². The first-order valence-corrected chi connectivity index (χ1v) is 7.41. The highest BCUT2D eigenvalue weighted by Gasteiger charge is 2.15. The molecule has 106 valence electrons. The van der Waals surface area contributed by atoms with E-state index in [1.807, 2.05) is 26.0 Å². The van der Waals surface area contributed by atoms with Gasteiger partial charge in [0.05, 0.1) is 6.61 Å². The van der Waals surface area contributed by atoms with Gasteiger partial charge in [-0.2, -0.15) is 0 Å². The Balaban J connectivity index is 3.13. The van der Waals surface area contributed by atoms with Crippen molar-refractivity contribution in [2.24, 2.45) is 0 Å². The highest BCUT2D eigenvalue weighted by atomic mass is 35.5. The molecule has 2 nitrogen and oxygen atoms in total. The first-order valence-electron chi connectivity index (χ1n) is 6.87. The SMILES string of the molecule is CCOc1cc(C)c(C(=O)CCCCl)cc1C(C)C. The van der Waals surface area contributed by atoms with Gasteiger partial charge in [0.1, 0.15) is 5.75 Å². The minimum absolute atomic E-state index is 0.170. The number of hydrogen-bond acceptors (Lipinski definition) is 2. The van der Waals surface area contributed by atoms with Crippen LogP contribution in [0.2, 0.25) is 0 Å². The number of benzene rings is 1. The number of rotatable bonds is 7. The van der Waals surface area contributed by atoms with E-state index >= 15 is 0 Å². The van der Waals surface area contributed by atoms with E-state index in [0.717, 1.165) is 28.9 Å². The van der Waals surface area contributed by atoms with Crippen LogP contribution in [-0.4, -0.2) is 18.3 Å². The molecule has 0 bridgehead atoms. The van der Waals surface area contributed by atoms with Gasteiger partial charge in [0.15, 0.2) is 5.78 Å². The average Bonchev–Trinajstić information content (AvgIpc) is 2.36. The molecule has 0 N–H and O–H groups in total. The van der Waals surface area contributed by atoms with Crippen LogP contribution >= 0.6 is 11.6 Å². The molecule has 0 saturated carbocycles. The summed E-state index contributed by atoms with van der Waals surface area (Å²) in [5.41, 5.74) is 2.88. The average molecular weight is 283 g/mol. The lowest BCUT2D eigenvalue weighted by Gasteiger charge is -2.16. The summed E-state index contributed by atoms with van der Waals surface area (Å²) in [5, 5.41) is 0. The van der Waals surface area contributed by atoms with E-state index in [0.29, 0.717) is 24.8 Å². The van der Waals surface area contributed by atoms with Crippen LogP contribution in [0.4, 0.5) is 0 Å². The van der Waals surface area contributed by atoms with E-state index in [-0.39, 0.29) is 5.78 Å². The Labute approximate surface area is 121 Å². The second-order valence-corrected chi connectivity index (χ2v) is 5.39. The lowest BCUT2D eigenvalue weighted by Crippen LogP contribution is -2.06. The molecule has 1 aromatic rings. The highest BCUT2D eigenvalue weighted by Crippen LogP contribution is 2.30. The summed E-state index contributed by atoms with van der Waals surface area (Å²) in [7, 11) is 0. The molecule has 0 saturated heterocycles. The van der Waals surface area contributed by atoms with Crippen LogP contribution in [0.3, 0.4) is 0 Å². The van der Waals surface area contributed by atoms with Gasteiger partial charge >= 0.3 is 0 Å². The zero-order valence-electron chi connectivity index (χ0n) is 12.3. The van der Waals surface area contributed by atoms with Crippen LogP contribution < -0.4 is 4.74 Å². The molecule has 0 fully saturated rings. The van der Waals surface area contributed by atoms with Crippen LogP contribution in [0.1, 0.15) is 61.0 Å². The molecule has 0 radical (unpaired) electrons. The van der Waals surface area contributed by atoms with E-state index < -0.39 is 0 Å². The van der Waals surface area contributed by atoms with E-state index in [1.165, 1.54) is 0 Å². The number of halogens is 1. The molecule has 0 spiro atoms. The zero-order chi connectivity index (χ0) is 14.4. The number of carbonyl (C=O) groups excluding carboxylic acids is 1. The Hall–Kier alpha value is -1.02. The largest absolute Gasteiger partial charge is 0.494 e. The van der Waals surface area contributed by atoms with Gasteiger partial charge < -0.3 is 4.74 Å². The van der Waals surface area contributed by atoms with Gasteiger partial charge in [-0.1, -0.05) is 13.8 Å². The second-order valence-electron chi connectivity index (χ2n) is 5.01. The van der Waals surface area contributed by atoms with Gasteiger partial charge in [0.25, 0.3) is 0 Å². The van der Waals surface area contributed by atoms with Crippen molar-refractivity contribution in [2.45, 2.75) is 46.5 Å². The summed E-state index contributed by atoms with van der Waals surface area (Å²) < 4.78 is 5.66. The predicted octanol–water partition coefficient (Wildman–Crippen LogP) is 4.72. The zero-order valence-corrected chi connectivity index (χ0v) is 13.0. The minimum atomic E-state index is 0.170. The number of ether oxygens (including phenoxy) is 1. The Bertz CT molecular complexity index is 439. The Kier molecular flexibility index (Phi) is 6.36. The first kappa shape index (κ1) is 16.0. The fraction of sp³-hybridized carbons (Fsp3) is 0.562. The van der Waals surface area contributed by atoms with Crippen molar-refractivity contribution in [1.82, 2.24) is 0 Å². The van der Waals surface area contributed by atoms with E-state index in [1.54, 1.807) is 0 Å². The molecule has 1 rings (SSSR count). The monoisotopic (exact) mass is 282 g/mol. The van der Waals surface area contributed by atoms with Gasteiger partial charge in [-0.05, 0) is 49.4 Å². The fourth-order valence-electron chi connectivity index (χ4n) is 2.09. The van der Waals surface area contributed by atoms with E-state index in [4.69, 9.17) is 16.3 Å². The number of alkyl halides is 1. The molecule has 0 amide bonds. The molecule has 0 aliphatic heterocycles.